The number of hydrogen-bond donors (Lipinski definition) is 2. The van der Waals surface area contributed by atoms with E-state index < -0.39 is 0 Å². The second kappa shape index (κ2) is 4.49. The van der Waals surface area contributed by atoms with Crippen LogP contribution in [-0.4, -0.2) is 37.2 Å². The highest BCUT2D eigenvalue weighted by atomic mass is 16.5. The molecule has 3 atom stereocenters. The first kappa shape index (κ1) is 10.9. The largest absolute Gasteiger partial charge is 0.372 e. The van der Waals surface area contributed by atoms with Crippen molar-refractivity contribution in [2.75, 3.05) is 7.11 Å². The van der Waals surface area contributed by atoms with Crippen LogP contribution in [0, 0.1) is 0 Å². The maximum atomic E-state index is 11.6. The van der Waals surface area contributed by atoms with Crippen LogP contribution in [0.3, 0.4) is 0 Å². The molecule has 86 valence electrons. The van der Waals surface area contributed by atoms with Crippen molar-refractivity contribution >= 4 is 5.91 Å². The molecule has 2 saturated heterocycles. The zero-order valence-electron chi connectivity index (χ0n) is 9.45. The number of carbonyl (C=O) groups excluding carboxylic acids is 1. The normalized spacial score (nSPS) is 36.3. The fourth-order valence-corrected chi connectivity index (χ4v) is 2.60. The maximum absolute atomic E-state index is 11.6. The molecule has 3 unspecified atom stereocenters. The summed E-state index contributed by atoms with van der Waals surface area (Å²) in [6, 6.07) is 1.58. The Kier molecular flexibility index (Phi) is 3.26. The fraction of sp³-hybridized carbons (Fsp3) is 0.909. The highest BCUT2D eigenvalue weighted by molar-refractivity contribution is 5.80. The van der Waals surface area contributed by atoms with Crippen molar-refractivity contribution in [3.63, 3.8) is 0 Å². The molecule has 0 aromatic rings. The molecule has 15 heavy (non-hydrogen) atoms. The fourth-order valence-electron chi connectivity index (χ4n) is 2.60. The van der Waals surface area contributed by atoms with Crippen LogP contribution in [0.25, 0.3) is 0 Å². The summed E-state index contributed by atoms with van der Waals surface area (Å²) in [7, 11) is 1.57. The van der Waals surface area contributed by atoms with E-state index in [0.717, 1.165) is 12.8 Å². The predicted molar refractivity (Wildman–Crippen MR) is 57.6 cm³/mol. The molecular weight excluding hydrogens is 192 g/mol. The summed E-state index contributed by atoms with van der Waals surface area (Å²) in [5.41, 5.74) is 0. The van der Waals surface area contributed by atoms with Gasteiger partial charge < -0.3 is 15.4 Å². The molecule has 2 N–H and O–H groups in total. The Labute approximate surface area is 90.8 Å². The van der Waals surface area contributed by atoms with E-state index in [2.05, 4.69) is 10.6 Å². The van der Waals surface area contributed by atoms with Gasteiger partial charge in [-0.1, -0.05) is 0 Å². The molecule has 0 radical (unpaired) electrons. The molecule has 0 saturated carbocycles. The first-order valence-electron chi connectivity index (χ1n) is 5.78. The van der Waals surface area contributed by atoms with E-state index in [1.165, 1.54) is 12.8 Å². The van der Waals surface area contributed by atoms with Gasteiger partial charge in [-0.25, -0.2) is 0 Å². The van der Waals surface area contributed by atoms with Gasteiger partial charge in [0.15, 0.2) is 0 Å². The van der Waals surface area contributed by atoms with Gasteiger partial charge >= 0.3 is 0 Å². The summed E-state index contributed by atoms with van der Waals surface area (Å²) in [5.74, 6) is 0.0174. The minimum absolute atomic E-state index is 0.0174. The highest BCUT2D eigenvalue weighted by Crippen LogP contribution is 2.26. The standard InChI is InChI=1S/C11H20N2O2/c1-7(15-2)11(14)13-10-5-8-3-4-9(6-10)12-8/h7-10,12H,3-6H2,1-2H3,(H,13,14). The topological polar surface area (TPSA) is 50.4 Å². The number of piperidine rings is 1. The average Bonchev–Trinajstić information content (AvgIpc) is 2.57. The van der Waals surface area contributed by atoms with Crippen LogP contribution in [0.5, 0.6) is 0 Å². The molecular formula is C11H20N2O2. The lowest BCUT2D eigenvalue weighted by atomic mass is 9.99. The van der Waals surface area contributed by atoms with Crippen molar-refractivity contribution in [3.05, 3.63) is 0 Å². The Balaban J connectivity index is 1.82. The number of amides is 1. The van der Waals surface area contributed by atoms with Gasteiger partial charge in [0.1, 0.15) is 6.10 Å². The van der Waals surface area contributed by atoms with Gasteiger partial charge in [-0.2, -0.15) is 0 Å². The summed E-state index contributed by atoms with van der Waals surface area (Å²) in [5, 5.41) is 6.62. The van der Waals surface area contributed by atoms with Crippen LogP contribution in [-0.2, 0) is 9.53 Å². The SMILES string of the molecule is COC(C)C(=O)NC1CC2CCC(C1)N2. The Hall–Kier alpha value is -0.610. The van der Waals surface area contributed by atoms with Crippen LogP contribution >= 0.6 is 0 Å². The minimum atomic E-state index is -0.336. The first-order valence-corrected chi connectivity index (χ1v) is 5.78. The van der Waals surface area contributed by atoms with E-state index in [0.29, 0.717) is 18.1 Å². The molecule has 4 nitrogen and oxygen atoms in total. The van der Waals surface area contributed by atoms with E-state index in [4.69, 9.17) is 4.74 Å². The first-order chi connectivity index (χ1) is 7.19. The van der Waals surface area contributed by atoms with Gasteiger partial charge in [0.25, 0.3) is 0 Å². The van der Waals surface area contributed by atoms with Crippen molar-refractivity contribution < 1.29 is 9.53 Å². The van der Waals surface area contributed by atoms with Gasteiger partial charge in [0.2, 0.25) is 5.91 Å². The number of rotatable bonds is 3. The molecule has 2 aliphatic heterocycles. The van der Waals surface area contributed by atoms with Crippen LogP contribution in [0.1, 0.15) is 32.6 Å². The van der Waals surface area contributed by atoms with Crippen LogP contribution in [0.2, 0.25) is 0 Å². The molecule has 2 fully saturated rings. The quantitative estimate of drug-likeness (QED) is 0.713. The van der Waals surface area contributed by atoms with Gasteiger partial charge in [0, 0.05) is 25.2 Å². The summed E-state index contributed by atoms with van der Waals surface area (Å²) < 4.78 is 5.00. The monoisotopic (exact) mass is 212 g/mol. The summed E-state index contributed by atoms with van der Waals surface area (Å²) in [6.45, 7) is 1.78. The number of fused-ring (bicyclic) bond motifs is 2. The van der Waals surface area contributed by atoms with Crippen LogP contribution in [0.4, 0.5) is 0 Å². The molecule has 2 heterocycles. The Morgan fingerprint density at radius 1 is 1.40 bits per heavy atom. The molecule has 0 aromatic heterocycles. The predicted octanol–water partition coefficient (Wildman–Crippen LogP) is 0.420. The number of carbonyl (C=O) groups is 1. The third kappa shape index (κ3) is 2.49. The average molecular weight is 212 g/mol. The van der Waals surface area contributed by atoms with E-state index in [9.17, 15) is 4.79 Å². The Morgan fingerprint density at radius 2 is 2.00 bits per heavy atom. The molecule has 4 heteroatoms. The summed E-state index contributed by atoms with van der Waals surface area (Å²) in [6.07, 6.45) is 4.32. The van der Waals surface area contributed by atoms with Crippen molar-refractivity contribution in [1.82, 2.24) is 10.6 Å². The molecule has 0 aliphatic carbocycles. The third-order valence-electron chi connectivity index (χ3n) is 3.54. The van der Waals surface area contributed by atoms with E-state index in [1.807, 2.05) is 0 Å². The highest BCUT2D eigenvalue weighted by Gasteiger charge is 2.34. The zero-order chi connectivity index (χ0) is 10.8. The lowest BCUT2D eigenvalue weighted by Gasteiger charge is -2.30. The second-order valence-corrected chi connectivity index (χ2v) is 4.69. The van der Waals surface area contributed by atoms with Gasteiger partial charge in [-0.05, 0) is 32.6 Å². The summed E-state index contributed by atoms with van der Waals surface area (Å²) >= 11 is 0. The minimum Gasteiger partial charge on any atom is -0.372 e. The van der Waals surface area contributed by atoms with Crippen molar-refractivity contribution in [2.24, 2.45) is 0 Å². The van der Waals surface area contributed by atoms with Crippen LogP contribution in [0.15, 0.2) is 0 Å². The molecule has 0 aromatic carbocycles. The van der Waals surface area contributed by atoms with Crippen molar-refractivity contribution in [3.8, 4) is 0 Å². The van der Waals surface area contributed by atoms with E-state index >= 15 is 0 Å². The number of ether oxygens (including phenoxy) is 1. The number of hydrogen-bond acceptors (Lipinski definition) is 3. The van der Waals surface area contributed by atoms with Gasteiger partial charge in [-0.15, -0.1) is 0 Å². The Bertz CT molecular complexity index is 233. The molecule has 2 bridgehead atoms. The van der Waals surface area contributed by atoms with Gasteiger partial charge in [-0.3, -0.25) is 4.79 Å². The van der Waals surface area contributed by atoms with Gasteiger partial charge in [0.05, 0.1) is 0 Å². The smallest absolute Gasteiger partial charge is 0.249 e. The third-order valence-corrected chi connectivity index (χ3v) is 3.54. The van der Waals surface area contributed by atoms with Crippen LogP contribution < -0.4 is 10.6 Å². The molecule has 1 amide bonds. The lowest BCUT2D eigenvalue weighted by molar-refractivity contribution is -0.131. The number of nitrogens with one attached hydrogen (secondary N) is 2. The van der Waals surface area contributed by atoms with E-state index in [1.54, 1.807) is 14.0 Å². The molecule has 2 rings (SSSR count). The number of methoxy groups -OCH3 is 1. The second-order valence-electron chi connectivity index (χ2n) is 4.69. The Morgan fingerprint density at radius 3 is 2.53 bits per heavy atom. The van der Waals surface area contributed by atoms with Crippen molar-refractivity contribution in [1.29, 1.82) is 0 Å². The lowest BCUT2D eigenvalue weighted by Crippen LogP contribution is -2.50. The maximum Gasteiger partial charge on any atom is 0.249 e. The summed E-state index contributed by atoms with van der Waals surface area (Å²) in [4.78, 5) is 11.6. The molecule has 0 spiro atoms. The van der Waals surface area contributed by atoms with Crippen molar-refractivity contribution in [2.45, 2.75) is 56.8 Å². The van der Waals surface area contributed by atoms with E-state index in [-0.39, 0.29) is 12.0 Å². The molecule has 2 aliphatic rings. The zero-order valence-corrected chi connectivity index (χ0v) is 9.45.